The van der Waals surface area contributed by atoms with E-state index in [4.69, 9.17) is 15.6 Å². The highest BCUT2D eigenvalue weighted by molar-refractivity contribution is 9.10. The fourth-order valence-electron chi connectivity index (χ4n) is 2.63. The number of alkyl halides is 6. The molecule has 0 heterocycles. The number of carboxylic acid groups (broad SMARTS) is 1. The van der Waals surface area contributed by atoms with E-state index in [0.717, 1.165) is 16.6 Å². The number of ether oxygens (including phenoxy) is 1. The highest BCUT2D eigenvalue weighted by atomic mass is 79.9. The Balaban J connectivity index is 0.000000288. The highest BCUT2D eigenvalue weighted by Crippen LogP contribution is 2.35. The monoisotopic (exact) mass is 593 g/mol. The van der Waals surface area contributed by atoms with Gasteiger partial charge in [-0.05, 0) is 73.1 Å². The van der Waals surface area contributed by atoms with Crippen LogP contribution in [0.2, 0.25) is 0 Å². The van der Waals surface area contributed by atoms with Crippen LogP contribution in [0.3, 0.4) is 0 Å². The molecule has 0 aliphatic carbocycles. The van der Waals surface area contributed by atoms with Crippen LogP contribution in [0.15, 0.2) is 71.2 Å². The van der Waals surface area contributed by atoms with E-state index >= 15 is 0 Å². The predicted molar refractivity (Wildman–Crippen MR) is 129 cm³/mol. The van der Waals surface area contributed by atoms with Crippen LogP contribution in [0.5, 0.6) is 5.75 Å². The standard InChI is InChI=1S/C9H4F6O.C9H13NO.C7H5BrO2/c10-8(11,12)6-1-5(4-16)2-7(3-6)9(13,14)15;1-11-9-4-2-3-8(7-9)5-6-10;8-6-3-1-5(2-4-6)7(9)10/h1-4H;2-4,7H,5-6,10H2,1H3;1-4H,(H,9,10). The van der Waals surface area contributed by atoms with Gasteiger partial charge >= 0.3 is 18.3 Å². The van der Waals surface area contributed by atoms with Crippen molar-refractivity contribution >= 4 is 28.2 Å². The molecule has 37 heavy (non-hydrogen) atoms. The van der Waals surface area contributed by atoms with Gasteiger partial charge in [-0.3, -0.25) is 4.79 Å². The number of hydrogen-bond donors (Lipinski definition) is 2. The number of rotatable bonds is 5. The number of carboxylic acids is 1. The van der Waals surface area contributed by atoms with Crippen molar-refractivity contribution in [3.63, 3.8) is 0 Å². The van der Waals surface area contributed by atoms with Gasteiger partial charge in [0.2, 0.25) is 0 Å². The minimum atomic E-state index is -4.92. The largest absolute Gasteiger partial charge is 0.497 e. The lowest BCUT2D eigenvalue weighted by atomic mass is 10.1. The maximum atomic E-state index is 12.2. The van der Waals surface area contributed by atoms with E-state index in [2.05, 4.69) is 22.0 Å². The molecule has 5 nitrogen and oxygen atoms in total. The van der Waals surface area contributed by atoms with Crippen LogP contribution in [0.4, 0.5) is 26.3 Å². The summed E-state index contributed by atoms with van der Waals surface area (Å²) >= 11 is 3.20. The molecule has 0 unspecified atom stereocenters. The summed E-state index contributed by atoms with van der Waals surface area (Å²) < 4.78 is 79.1. The quantitative estimate of drug-likeness (QED) is 0.248. The van der Waals surface area contributed by atoms with Crippen LogP contribution in [0, 0.1) is 0 Å². The molecule has 0 fully saturated rings. The van der Waals surface area contributed by atoms with Crippen molar-refractivity contribution in [1.29, 1.82) is 0 Å². The van der Waals surface area contributed by atoms with Gasteiger partial charge in [-0.2, -0.15) is 26.3 Å². The maximum Gasteiger partial charge on any atom is 0.416 e. The van der Waals surface area contributed by atoms with Crippen molar-refractivity contribution in [3.8, 4) is 5.75 Å². The summed E-state index contributed by atoms with van der Waals surface area (Å²) in [6, 6.07) is 15.1. The van der Waals surface area contributed by atoms with Gasteiger partial charge in [0, 0.05) is 10.0 Å². The topological polar surface area (TPSA) is 89.6 Å². The lowest BCUT2D eigenvalue weighted by Crippen LogP contribution is -2.11. The van der Waals surface area contributed by atoms with Crippen LogP contribution in [0.1, 0.15) is 37.4 Å². The smallest absolute Gasteiger partial charge is 0.416 e. The average Bonchev–Trinajstić information content (AvgIpc) is 2.84. The Kier molecular flexibility index (Phi) is 12.3. The summed E-state index contributed by atoms with van der Waals surface area (Å²) in [7, 11) is 1.67. The Bertz CT molecular complexity index is 1130. The van der Waals surface area contributed by atoms with Crippen molar-refractivity contribution in [2.75, 3.05) is 13.7 Å². The number of aldehydes is 1. The number of halogens is 7. The molecule has 0 saturated carbocycles. The molecule has 3 rings (SSSR count). The molecule has 12 heteroatoms. The van der Waals surface area contributed by atoms with Gasteiger partial charge in [-0.25, -0.2) is 4.79 Å². The number of hydrogen-bond acceptors (Lipinski definition) is 4. The summed E-state index contributed by atoms with van der Waals surface area (Å²) in [6.45, 7) is 0.688. The molecule has 3 aromatic rings. The Morgan fingerprint density at radius 3 is 1.89 bits per heavy atom. The second-order valence-corrected chi connectivity index (χ2v) is 8.07. The van der Waals surface area contributed by atoms with Crippen molar-refractivity contribution in [2.45, 2.75) is 18.8 Å². The molecule has 0 atom stereocenters. The summed E-state index contributed by atoms with van der Waals surface area (Å²) in [5.74, 6) is 0.00319. The number of aromatic carboxylic acids is 1. The molecular weight excluding hydrogens is 572 g/mol. The zero-order valence-corrected chi connectivity index (χ0v) is 20.8. The van der Waals surface area contributed by atoms with E-state index in [-0.39, 0.29) is 12.4 Å². The number of carbonyl (C=O) groups excluding carboxylic acids is 1. The van der Waals surface area contributed by atoms with Gasteiger partial charge in [0.25, 0.3) is 0 Å². The molecule has 3 aromatic carbocycles. The van der Waals surface area contributed by atoms with E-state index < -0.39 is 35.0 Å². The third-order valence-electron chi connectivity index (χ3n) is 4.40. The van der Waals surface area contributed by atoms with E-state index in [1.807, 2.05) is 18.2 Å². The van der Waals surface area contributed by atoms with Crippen molar-refractivity contribution in [2.24, 2.45) is 5.73 Å². The zero-order chi connectivity index (χ0) is 28.2. The third-order valence-corrected chi connectivity index (χ3v) is 4.93. The fraction of sp³-hybridized carbons (Fsp3) is 0.200. The van der Waals surface area contributed by atoms with Gasteiger partial charge in [0.1, 0.15) is 12.0 Å². The van der Waals surface area contributed by atoms with E-state index in [1.165, 1.54) is 5.56 Å². The average molecular weight is 594 g/mol. The molecule has 200 valence electrons. The van der Waals surface area contributed by atoms with Crippen LogP contribution in [0.25, 0.3) is 0 Å². The van der Waals surface area contributed by atoms with Crippen LogP contribution in [-0.4, -0.2) is 31.0 Å². The lowest BCUT2D eigenvalue weighted by molar-refractivity contribution is -0.143. The zero-order valence-electron chi connectivity index (χ0n) is 19.2. The molecule has 0 amide bonds. The van der Waals surface area contributed by atoms with Gasteiger partial charge in [0.15, 0.2) is 0 Å². The number of carbonyl (C=O) groups is 2. The molecule has 0 radical (unpaired) electrons. The molecule has 0 bridgehead atoms. The SMILES string of the molecule is COc1cccc(CCN)c1.O=C(O)c1ccc(Br)cc1.O=Cc1cc(C(F)(F)F)cc(C(F)(F)F)c1. The van der Waals surface area contributed by atoms with Crippen molar-refractivity contribution in [1.82, 2.24) is 0 Å². The van der Waals surface area contributed by atoms with Gasteiger partial charge in [0.05, 0.1) is 23.8 Å². The Morgan fingerprint density at radius 1 is 0.946 bits per heavy atom. The maximum absolute atomic E-state index is 12.2. The highest BCUT2D eigenvalue weighted by Gasteiger charge is 2.36. The van der Waals surface area contributed by atoms with E-state index in [1.54, 1.807) is 31.4 Å². The number of nitrogens with two attached hydrogens (primary N) is 1. The molecular formula is C25H22BrF6NO4. The molecule has 3 N–H and O–H groups in total. The first-order valence-electron chi connectivity index (χ1n) is 10.3. The summed E-state index contributed by atoms with van der Waals surface area (Å²) in [4.78, 5) is 20.5. The van der Waals surface area contributed by atoms with Gasteiger partial charge in [-0.15, -0.1) is 0 Å². The van der Waals surface area contributed by atoms with Crippen molar-refractivity contribution < 1.29 is 45.8 Å². The van der Waals surface area contributed by atoms with Crippen LogP contribution < -0.4 is 10.5 Å². The predicted octanol–water partition coefficient (Wildman–Crippen LogP) is 6.88. The second kappa shape index (κ2) is 14.4. The number of benzene rings is 3. The minimum absolute atomic E-state index is 0.0347. The third kappa shape index (κ3) is 11.5. The summed E-state index contributed by atoms with van der Waals surface area (Å²) in [5, 5.41) is 8.46. The summed E-state index contributed by atoms with van der Waals surface area (Å²) in [6.07, 6.45) is -8.99. The Morgan fingerprint density at radius 2 is 1.49 bits per heavy atom. The molecule has 0 aliphatic heterocycles. The van der Waals surface area contributed by atoms with Gasteiger partial charge in [-0.1, -0.05) is 28.1 Å². The number of methoxy groups -OCH3 is 1. The van der Waals surface area contributed by atoms with E-state index in [9.17, 15) is 35.9 Å². The Hall–Kier alpha value is -3.38. The fourth-order valence-corrected chi connectivity index (χ4v) is 2.90. The summed E-state index contributed by atoms with van der Waals surface area (Å²) in [5.41, 5.74) is 3.29. The van der Waals surface area contributed by atoms with Crippen molar-refractivity contribution in [3.05, 3.63) is 99.0 Å². The lowest BCUT2D eigenvalue weighted by Gasteiger charge is -2.12. The van der Waals surface area contributed by atoms with Crippen LogP contribution in [-0.2, 0) is 18.8 Å². The normalized spacial score (nSPS) is 10.8. The first-order valence-corrected chi connectivity index (χ1v) is 11.1. The van der Waals surface area contributed by atoms with Gasteiger partial charge < -0.3 is 15.6 Å². The molecule has 0 spiro atoms. The molecule has 0 saturated heterocycles. The molecule has 0 aliphatic rings. The first kappa shape index (κ1) is 31.6. The minimum Gasteiger partial charge on any atom is -0.497 e. The van der Waals surface area contributed by atoms with Crippen LogP contribution >= 0.6 is 15.9 Å². The Labute approximate surface area is 217 Å². The second-order valence-electron chi connectivity index (χ2n) is 7.16. The van der Waals surface area contributed by atoms with E-state index in [0.29, 0.717) is 24.2 Å². The first-order chi connectivity index (χ1) is 17.2. The molecule has 0 aromatic heterocycles.